The molecule has 0 atom stereocenters. The number of para-hydroxylation sites is 2. The van der Waals surface area contributed by atoms with Gasteiger partial charge >= 0.3 is 0 Å². The minimum atomic E-state index is 0.764. The lowest BCUT2D eigenvalue weighted by Crippen LogP contribution is -2.11. The lowest BCUT2D eigenvalue weighted by atomic mass is 9.94. The van der Waals surface area contributed by atoms with Gasteiger partial charge in [0.25, 0.3) is 0 Å². The number of fused-ring (bicyclic) bond motifs is 6. The van der Waals surface area contributed by atoms with Gasteiger partial charge in [-0.3, -0.25) is 0 Å². The molecule has 2 heteroatoms. The van der Waals surface area contributed by atoms with Gasteiger partial charge in [0, 0.05) is 27.8 Å². The van der Waals surface area contributed by atoms with Gasteiger partial charge in [0.1, 0.15) is 11.2 Å². The maximum atomic E-state index is 6.33. The Hall–Kier alpha value is -6.90. The SMILES string of the molecule is C=Cc1ccccc1-c1ccc(N(c2ccccc2)c2cc(Cc3ccc4c(c3)oc3ccccc34)cc(-c3ccc4c(c3)-c3ccccc3C4)c2)cc1C. The van der Waals surface area contributed by atoms with Crippen LogP contribution in [0.25, 0.3) is 61.4 Å². The molecule has 262 valence electrons. The summed E-state index contributed by atoms with van der Waals surface area (Å²) in [5, 5.41) is 2.30. The second kappa shape index (κ2) is 13.5. The smallest absolute Gasteiger partial charge is 0.135 e. The third-order valence-corrected chi connectivity index (χ3v) is 11.2. The minimum absolute atomic E-state index is 0.764. The van der Waals surface area contributed by atoms with Crippen molar-refractivity contribution in [3.63, 3.8) is 0 Å². The Labute approximate surface area is 322 Å². The molecular formula is C53H39NO. The maximum absolute atomic E-state index is 6.33. The first-order valence-corrected chi connectivity index (χ1v) is 19.0. The van der Waals surface area contributed by atoms with E-state index in [2.05, 4.69) is 182 Å². The van der Waals surface area contributed by atoms with Gasteiger partial charge < -0.3 is 9.32 Å². The average Bonchev–Trinajstić information content (AvgIpc) is 3.79. The molecule has 2 nitrogen and oxygen atoms in total. The molecule has 1 heterocycles. The molecule has 0 fully saturated rings. The van der Waals surface area contributed by atoms with E-state index in [1.54, 1.807) is 0 Å². The number of hydrogen-bond acceptors (Lipinski definition) is 2. The fourth-order valence-electron chi connectivity index (χ4n) is 8.52. The van der Waals surface area contributed by atoms with E-state index in [1.165, 1.54) is 61.2 Å². The summed E-state index contributed by atoms with van der Waals surface area (Å²) in [4.78, 5) is 2.40. The molecule has 1 aromatic heterocycles. The van der Waals surface area contributed by atoms with Crippen LogP contribution >= 0.6 is 0 Å². The van der Waals surface area contributed by atoms with Gasteiger partial charge in [0.2, 0.25) is 0 Å². The topological polar surface area (TPSA) is 16.4 Å². The molecule has 1 aliphatic rings. The number of hydrogen-bond donors (Lipinski definition) is 0. The highest BCUT2D eigenvalue weighted by Crippen LogP contribution is 2.43. The second-order valence-corrected chi connectivity index (χ2v) is 14.7. The van der Waals surface area contributed by atoms with E-state index < -0.39 is 0 Å². The number of rotatable bonds is 8. The quantitative estimate of drug-likeness (QED) is 0.156. The van der Waals surface area contributed by atoms with Gasteiger partial charge in [-0.25, -0.2) is 0 Å². The van der Waals surface area contributed by atoms with Crippen LogP contribution in [-0.2, 0) is 12.8 Å². The Morgan fingerprint density at radius 2 is 1.27 bits per heavy atom. The van der Waals surface area contributed by atoms with Crippen molar-refractivity contribution in [2.75, 3.05) is 4.90 Å². The Bertz CT molecular complexity index is 2910. The van der Waals surface area contributed by atoms with Crippen molar-refractivity contribution < 1.29 is 4.42 Å². The van der Waals surface area contributed by atoms with Crippen molar-refractivity contribution in [3.8, 4) is 33.4 Å². The molecule has 0 saturated heterocycles. The van der Waals surface area contributed by atoms with Crippen LogP contribution in [0, 0.1) is 6.92 Å². The molecule has 10 rings (SSSR count). The first-order valence-electron chi connectivity index (χ1n) is 19.0. The molecule has 1 aliphatic carbocycles. The number of aryl methyl sites for hydroxylation is 1. The van der Waals surface area contributed by atoms with Gasteiger partial charge in [0.05, 0.1) is 0 Å². The number of nitrogens with zero attached hydrogens (tertiary/aromatic N) is 1. The zero-order valence-electron chi connectivity index (χ0n) is 30.8. The molecule has 0 N–H and O–H groups in total. The summed E-state index contributed by atoms with van der Waals surface area (Å²) in [6.07, 6.45) is 3.69. The third-order valence-electron chi connectivity index (χ3n) is 11.2. The standard InChI is InChI=1S/C53H39NO/c1-3-38-13-7-9-17-47(38)46-26-24-44(27-35(46)2)54(43-15-5-4-6-16-43)45-30-37(28-36-21-25-50-49-19-11-12-20-52(49)55-53(50)31-36)29-42(33-45)39-22-23-41-32-40-14-8-10-18-48(40)51(41)34-39/h3-27,29-31,33-34H,1,28,32H2,2H3. The van der Waals surface area contributed by atoms with E-state index in [0.717, 1.165) is 57.4 Å². The van der Waals surface area contributed by atoms with Crippen LogP contribution in [0.5, 0.6) is 0 Å². The minimum Gasteiger partial charge on any atom is -0.456 e. The summed E-state index contributed by atoms with van der Waals surface area (Å²) in [6, 6.07) is 63.9. The normalized spacial score (nSPS) is 11.8. The van der Waals surface area contributed by atoms with Gasteiger partial charge in [-0.2, -0.15) is 0 Å². The monoisotopic (exact) mass is 705 g/mol. The summed E-state index contributed by atoms with van der Waals surface area (Å²) in [5.74, 6) is 0. The zero-order valence-corrected chi connectivity index (χ0v) is 30.8. The zero-order chi connectivity index (χ0) is 36.9. The summed E-state index contributed by atoms with van der Waals surface area (Å²) < 4.78 is 6.33. The van der Waals surface area contributed by atoms with E-state index in [0.29, 0.717) is 0 Å². The fraction of sp³-hybridized carbons (Fsp3) is 0.0566. The largest absolute Gasteiger partial charge is 0.456 e. The Kier molecular flexibility index (Phi) is 8.03. The fourth-order valence-corrected chi connectivity index (χ4v) is 8.52. The highest BCUT2D eigenvalue weighted by atomic mass is 16.3. The Morgan fingerprint density at radius 3 is 2.15 bits per heavy atom. The summed E-state index contributed by atoms with van der Waals surface area (Å²) in [6.45, 7) is 6.29. The van der Waals surface area contributed by atoms with Crippen LogP contribution in [-0.4, -0.2) is 0 Å². The number of benzene rings is 8. The molecule has 55 heavy (non-hydrogen) atoms. The van der Waals surface area contributed by atoms with Crippen molar-refractivity contribution in [1.29, 1.82) is 0 Å². The van der Waals surface area contributed by atoms with E-state index >= 15 is 0 Å². The summed E-state index contributed by atoms with van der Waals surface area (Å²) in [7, 11) is 0. The van der Waals surface area contributed by atoms with Gasteiger partial charge in [0.15, 0.2) is 0 Å². The Balaban J connectivity index is 1.13. The third kappa shape index (κ3) is 5.93. The van der Waals surface area contributed by atoms with Gasteiger partial charge in [-0.15, -0.1) is 0 Å². The van der Waals surface area contributed by atoms with Crippen LogP contribution in [0.1, 0.15) is 33.4 Å². The van der Waals surface area contributed by atoms with Crippen LogP contribution in [0.4, 0.5) is 17.1 Å². The number of anilines is 3. The second-order valence-electron chi connectivity index (χ2n) is 14.7. The summed E-state index contributed by atoms with van der Waals surface area (Å²) >= 11 is 0. The highest BCUT2D eigenvalue weighted by molar-refractivity contribution is 6.05. The van der Waals surface area contributed by atoms with E-state index in [9.17, 15) is 0 Å². The van der Waals surface area contributed by atoms with Crippen molar-refractivity contribution in [3.05, 3.63) is 216 Å². The van der Waals surface area contributed by atoms with Crippen LogP contribution in [0.2, 0.25) is 0 Å². The van der Waals surface area contributed by atoms with Crippen molar-refractivity contribution in [2.45, 2.75) is 19.8 Å². The van der Waals surface area contributed by atoms with Gasteiger partial charge in [-0.05, 0) is 141 Å². The molecule has 0 spiro atoms. The molecule has 0 aliphatic heterocycles. The Morgan fingerprint density at radius 1 is 0.509 bits per heavy atom. The van der Waals surface area contributed by atoms with Crippen LogP contribution < -0.4 is 4.90 Å². The predicted octanol–water partition coefficient (Wildman–Crippen LogP) is 14.5. The molecule has 0 unspecified atom stereocenters. The molecular weight excluding hydrogens is 667 g/mol. The highest BCUT2D eigenvalue weighted by Gasteiger charge is 2.21. The average molecular weight is 706 g/mol. The maximum Gasteiger partial charge on any atom is 0.135 e. The number of furan rings is 1. The molecule has 0 saturated carbocycles. The molecule has 9 aromatic rings. The molecule has 0 amide bonds. The summed E-state index contributed by atoms with van der Waals surface area (Å²) in [5.41, 5.74) is 20.2. The van der Waals surface area contributed by atoms with Gasteiger partial charge in [-0.1, -0.05) is 134 Å². The lowest BCUT2D eigenvalue weighted by molar-refractivity contribution is 0.668. The van der Waals surface area contributed by atoms with Crippen LogP contribution in [0.3, 0.4) is 0 Å². The lowest BCUT2D eigenvalue weighted by Gasteiger charge is -2.28. The molecule has 0 radical (unpaired) electrons. The van der Waals surface area contributed by atoms with Crippen LogP contribution in [0.15, 0.2) is 187 Å². The van der Waals surface area contributed by atoms with Crippen molar-refractivity contribution >= 4 is 45.1 Å². The van der Waals surface area contributed by atoms with E-state index in [-0.39, 0.29) is 0 Å². The van der Waals surface area contributed by atoms with E-state index in [4.69, 9.17) is 4.42 Å². The van der Waals surface area contributed by atoms with E-state index in [1.807, 2.05) is 18.2 Å². The molecule has 8 aromatic carbocycles. The van der Waals surface area contributed by atoms with Crippen molar-refractivity contribution in [1.82, 2.24) is 0 Å². The predicted molar refractivity (Wildman–Crippen MR) is 232 cm³/mol. The first kappa shape index (κ1) is 32.7. The first-order chi connectivity index (χ1) is 27.1. The molecule has 0 bridgehead atoms. The van der Waals surface area contributed by atoms with Crippen molar-refractivity contribution in [2.24, 2.45) is 0 Å².